The van der Waals surface area contributed by atoms with Crippen LogP contribution in [0.15, 0.2) is 36.9 Å². The summed E-state index contributed by atoms with van der Waals surface area (Å²) < 4.78 is 5.55. The summed E-state index contributed by atoms with van der Waals surface area (Å²) in [4.78, 5) is 30.7. The third-order valence-corrected chi connectivity index (χ3v) is 6.34. The van der Waals surface area contributed by atoms with Crippen LogP contribution < -0.4 is 10.1 Å². The molecule has 31 heavy (non-hydrogen) atoms. The van der Waals surface area contributed by atoms with Crippen molar-refractivity contribution in [3.63, 3.8) is 0 Å². The Hall–Kier alpha value is -2.34. The van der Waals surface area contributed by atoms with Gasteiger partial charge in [0.1, 0.15) is 23.9 Å². The number of nitrogens with one attached hydrogen (secondary N) is 1. The quantitative estimate of drug-likeness (QED) is 0.614. The number of nitrogens with zero attached hydrogens (tertiary/aromatic N) is 2. The maximum Gasteiger partial charge on any atom is 0.246 e. The number of likely N-dealkylation sites (tertiary alicyclic amines) is 1. The maximum absolute atomic E-state index is 13.2. The van der Waals surface area contributed by atoms with E-state index in [9.17, 15) is 9.59 Å². The Labute approximate surface area is 186 Å². The number of piperazine rings is 1. The number of ether oxygens (including phenoxy) is 1. The Kier molecular flexibility index (Phi) is 7.76. The van der Waals surface area contributed by atoms with Gasteiger partial charge in [0.05, 0.1) is 0 Å². The minimum Gasteiger partial charge on any atom is -0.490 e. The molecule has 2 heterocycles. The summed E-state index contributed by atoms with van der Waals surface area (Å²) in [6, 6.07) is 7.74. The predicted molar refractivity (Wildman–Crippen MR) is 123 cm³/mol. The Bertz CT molecular complexity index is 767. The highest BCUT2D eigenvalue weighted by Gasteiger charge is 2.53. The van der Waals surface area contributed by atoms with Crippen molar-refractivity contribution in [2.24, 2.45) is 5.92 Å². The van der Waals surface area contributed by atoms with Crippen LogP contribution in [0.25, 0.3) is 0 Å². The number of hydrogen-bond acceptors (Lipinski definition) is 4. The summed E-state index contributed by atoms with van der Waals surface area (Å²) in [6.07, 6.45) is 4.65. The molecule has 0 aromatic heterocycles. The molecule has 6 nitrogen and oxygen atoms in total. The van der Waals surface area contributed by atoms with E-state index in [-0.39, 0.29) is 17.9 Å². The summed E-state index contributed by atoms with van der Waals surface area (Å²) >= 11 is 0. The number of hydrogen-bond donors (Lipinski definition) is 1. The van der Waals surface area contributed by atoms with Gasteiger partial charge >= 0.3 is 0 Å². The fraction of sp³-hybridized carbons (Fsp3) is 0.600. The highest BCUT2D eigenvalue weighted by molar-refractivity contribution is 6.00. The van der Waals surface area contributed by atoms with Crippen molar-refractivity contribution in [1.82, 2.24) is 15.1 Å². The van der Waals surface area contributed by atoms with Gasteiger partial charge in [-0.25, -0.2) is 0 Å². The van der Waals surface area contributed by atoms with Gasteiger partial charge < -0.3 is 15.0 Å². The van der Waals surface area contributed by atoms with Gasteiger partial charge in [0.15, 0.2) is 0 Å². The third kappa shape index (κ3) is 5.29. The van der Waals surface area contributed by atoms with Crippen LogP contribution in [0.3, 0.4) is 0 Å². The molecular weight excluding hydrogens is 390 g/mol. The molecule has 2 saturated heterocycles. The molecule has 0 aliphatic carbocycles. The van der Waals surface area contributed by atoms with Gasteiger partial charge in [-0.15, -0.1) is 0 Å². The van der Waals surface area contributed by atoms with Crippen molar-refractivity contribution in [2.45, 2.75) is 64.6 Å². The molecular formula is C25H37N3O3. The van der Waals surface area contributed by atoms with Crippen molar-refractivity contribution in [2.75, 3.05) is 26.2 Å². The Balaban J connectivity index is 1.64. The lowest BCUT2D eigenvalue weighted by Crippen LogP contribution is -2.73. The van der Waals surface area contributed by atoms with Gasteiger partial charge in [-0.3, -0.25) is 14.5 Å². The van der Waals surface area contributed by atoms with E-state index in [0.717, 1.165) is 31.8 Å². The summed E-state index contributed by atoms with van der Waals surface area (Å²) in [6.45, 7) is 13.5. The number of amides is 2. The minimum absolute atomic E-state index is 0.0366. The Morgan fingerprint density at radius 3 is 2.48 bits per heavy atom. The fourth-order valence-electron chi connectivity index (χ4n) is 4.74. The first-order valence-corrected chi connectivity index (χ1v) is 11.6. The molecule has 0 saturated carbocycles. The van der Waals surface area contributed by atoms with Crippen molar-refractivity contribution < 1.29 is 14.3 Å². The number of rotatable bonds is 9. The van der Waals surface area contributed by atoms with Gasteiger partial charge in [0.25, 0.3) is 0 Å². The summed E-state index contributed by atoms with van der Waals surface area (Å²) in [5, 5.41) is 3.06. The zero-order chi connectivity index (χ0) is 22.4. The number of carbonyl (C=O) groups is 2. The van der Waals surface area contributed by atoms with Crippen LogP contribution in [0, 0.1) is 5.92 Å². The van der Waals surface area contributed by atoms with Crippen molar-refractivity contribution >= 4 is 11.8 Å². The lowest BCUT2D eigenvalue weighted by atomic mass is 9.80. The number of carbonyl (C=O) groups excluding carboxylic acids is 2. The van der Waals surface area contributed by atoms with Crippen LogP contribution >= 0.6 is 0 Å². The van der Waals surface area contributed by atoms with Crippen molar-refractivity contribution in [3.8, 4) is 5.75 Å². The van der Waals surface area contributed by atoms with Crippen LogP contribution in [0.4, 0.5) is 0 Å². The predicted octanol–water partition coefficient (Wildman–Crippen LogP) is 3.37. The molecule has 6 heteroatoms. The van der Waals surface area contributed by atoms with E-state index in [1.54, 1.807) is 6.08 Å². The molecule has 1 aromatic carbocycles. The van der Waals surface area contributed by atoms with Gasteiger partial charge in [-0.1, -0.05) is 45.6 Å². The molecule has 0 bridgehead atoms. The standard InChI is InChI=1S/C25H37N3O3/c1-5-13-28-23(29)22(17-19(3)4)26-24(30)25(28)11-14-27(15-12-25)18-20-7-9-21(10-8-20)31-16-6-2/h6-10,19,22H,2,5,11-18H2,1,3-4H3,(H,26,30). The smallest absolute Gasteiger partial charge is 0.246 e. The highest BCUT2D eigenvalue weighted by Crippen LogP contribution is 2.34. The molecule has 3 rings (SSSR count). The molecule has 1 aromatic rings. The minimum atomic E-state index is -0.695. The lowest BCUT2D eigenvalue weighted by Gasteiger charge is -2.52. The van der Waals surface area contributed by atoms with E-state index in [4.69, 9.17) is 4.74 Å². The van der Waals surface area contributed by atoms with Gasteiger partial charge in [-0.2, -0.15) is 0 Å². The molecule has 0 radical (unpaired) electrons. The number of piperidine rings is 1. The van der Waals surface area contributed by atoms with Gasteiger partial charge in [0, 0.05) is 26.2 Å². The van der Waals surface area contributed by atoms with Crippen molar-refractivity contribution in [1.29, 1.82) is 0 Å². The second-order valence-corrected chi connectivity index (χ2v) is 9.20. The molecule has 1 atom stereocenters. The van der Waals surface area contributed by atoms with Crippen LogP contribution in [0.5, 0.6) is 5.75 Å². The molecule has 2 aliphatic heterocycles. The summed E-state index contributed by atoms with van der Waals surface area (Å²) in [7, 11) is 0. The highest BCUT2D eigenvalue weighted by atomic mass is 16.5. The molecule has 170 valence electrons. The zero-order valence-electron chi connectivity index (χ0n) is 19.2. The van der Waals surface area contributed by atoms with Crippen LogP contribution in [-0.4, -0.2) is 59.4 Å². The first-order valence-electron chi connectivity index (χ1n) is 11.6. The Morgan fingerprint density at radius 1 is 1.23 bits per heavy atom. The largest absolute Gasteiger partial charge is 0.490 e. The maximum atomic E-state index is 13.2. The van der Waals surface area contributed by atoms with Crippen LogP contribution in [-0.2, 0) is 16.1 Å². The Morgan fingerprint density at radius 2 is 1.90 bits per heavy atom. The molecule has 1 unspecified atom stereocenters. The normalized spacial score (nSPS) is 21.4. The van der Waals surface area contributed by atoms with Crippen LogP contribution in [0.2, 0.25) is 0 Å². The molecule has 2 amide bonds. The van der Waals surface area contributed by atoms with E-state index in [1.165, 1.54) is 5.56 Å². The zero-order valence-corrected chi connectivity index (χ0v) is 19.2. The first-order chi connectivity index (χ1) is 14.9. The second-order valence-electron chi connectivity index (χ2n) is 9.20. The molecule has 1 N–H and O–H groups in total. The molecule has 1 spiro atoms. The summed E-state index contributed by atoms with van der Waals surface area (Å²) in [5.41, 5.74) is 0.521. The van der Waals surface area contributed by atoms with E-state index in [0.29, 0.717) is 38.3 Å². The lowest BCUT2D eigenvalue weighted by molar-refractivity contribution is -0.161. The third-order valence-electron chi connectivity index (χ3n) is 6.34. The fourth-order valence-corrected chi connectivity index (χ4v) is 4.74. The van der Waals surface area contributed by atoms with E-state index >= 15 is 0 Å². The van der Waals surface area contributed by atoms with Crippen LogP contribution in [0.1, 0.15) is 52.0 Å². The molecule has 2 fully saturated rings. The second kappa shape index (κ2) is 10.3. The number of benzene rings is 1. The molecule has 2 aliphatic rings. The van der Waals surface area contributed by atoms with E-state index in [2.05, 4.69) is 49.7 Å². The first kappa shape index (κ1) is 23.3. The topological polar surface area (TPSA) is 61.9 Å². The van der Waals surface area contributed by atoms with Gasteiger partial charge in [-0.05, 0) is 49.3 Å². The monoisotopic (exact) mass is 427 g/mol. The van der Waals surface area contributed by atoms with Gasteiger partial charge in [0.2, 0.25) is 11.8 Å². The van der Waals surface area contributed by atoms with Crippen molar-refractivity contribution in [3.05, 3.63) is 42.5 Å². The average Bonchev–Trinajstić information content (AvgIpc) is 2.75. The SMILES string of the molecule is C=CCOc1ccc(CN2CCC3(CC2)C(=O)NC(CC(C)C)C(=O)N3CCC)cc1. The van der Waals surface area contributed by atoms with E-state index < -0.39 is 5.54 Å². The van der Waals surface area contributed by atoms with E-state index in [1.807, 2.05) is 17.0 Å². The summed E-state index contributed by atoms with van der Waals surface area (Å²) in [5.74, 6) is 1.33. The average molecular weight is 428 g/mol.